The van der Waals surface area contributed by atoms with Crippen molar-refractivity contribution >= 4 is 93.4 Å². The third-order valence-corrected chi connectivity index (χ3v) is 21.8. The van der Waals surface area contributed by atoms with Crippen molar-refractivity contribution in [2.45, 2.75) is 163 Å². The third-order valence-electron chi connectivity index (χ3n) is 20.6. The van der Waals surface area contributed by atoms with Crippen LogP contribution in [0.4, 0.5) is 0 Å². The first-order valence-corrected chi connectivity index (χ1v) is 37.9. The van der Waals surface area contributed by atoms with Gasteiger partial charge in [0.2, 0.25) is 47.5 Å². The Bertz CT molecular complexity index is 4900. The van der Waals surface area contributed by atoms with Gasteiger partial charge in [-0.25, -0.2) is 4.79 Å². The number of fused-ring (bicyclic) bond motifs is 15. The third kappa shape index (κ3) is 18.5. The molecule has 3 unspecified atom stereocenters. The van der Waals surface area contributed by atoms with Gasteiger partial charge in [-0.3, -0.25) is 28.8 Å². The maximum atomic E-state index is 15.6. The molecule has 11 bridgehead atoms. The number of carboxylic acid groups (broad SMARTS) is 1. The Morgan fingerprint density at radius 1 is 0.687 bits per heavy atom. The number of carboxylic acids is 1. The number of ether oxygens (including phenoxy) is 6. The zero-order chi connectivity index (χ0) is 82.9. The molecule has 0 aliphatic carbocycles. The molecule has 18 atom stereocenters. The smallest absolute Gasteiger partial charge is 0.330 e. The number of primary amides is 1. The standard InChI is InChI=1S/C79H84Cl3N9O23S/c1-32(2)20-47(84-5)71(102)89-62-64(97)38-13-18-51(45(81)22-38)110-53-24-40-25-54(68(53)114-78-69(67(100)66(99)55(31-92)112-78)113-57-29-79(4,70(101)33(3)109-57)85-30-34-6-8-35(9-7-34)36-10-15-41(80)16-11-36)111-52-19-14-39(23-46(52)82)65(98)63-75(106)88-61(77(107)108)44-26-42(93)27-50(95)58(44)43-21-37(12-17-49(43)94)59(73(104)90-63)91-76(115)60(40)87-72(103)48(28-56(83)96)86-74(62)105/h6-19,21-27,32-33,47-48,55,57,59-67,69-70,78,84-85,92-95,97-101H,20,28-31H2,1-5H3,(H2,83,96)(H,86,105)(H,87,103)(H,88,106)(H,89,102)(H,90,104)(H,91,115)(H,107,108)/t33-,47+,48-,55?,57-,59+,60+,61-,62+,63-,64+,65+,66?,67-,69+,70+,78-,79?/m0/s1. The fraction of sp³-hybridized carbons (Fsp3) is 0.367. The number of benzene rings is 7. The minimum absolute atomic E-state index is 0.0894. The number of aliphatic carboxylic acids is 1. The van der Waals surface area contributed by atoms with E-state index in [-0.39, 0.29) is 64.1 Å². The Balaban J connectivity index is 1.04. The van der Waals surface area contributed by atoms with Gasteiger partial charge in [-0.15, -0.1) is 0 Å². The number of aliphatic hydroxyl groups is 6. The largest absolute Gasteiger partial charge is 0.508 e. The van der Waals surface area contributed by atoms with Crippen LogP contribution in [0.1, 0.15) is 111 Å². The number of hydrogen-bond acceptors (Lipinski definition) is 25. The Hall–Kier alpha value is -10.1. The van der Waals surface area contributed by atoms with E-state index >= 15 is 9.59 Å². The van der Waals surface area contributed by atoms with Crippen molar-refractivity contribution in [2.24, 2.45) is 11.7 Å². The number of phenolic OH excluding ortho intramolecular Hbond substituents is 3. The first-order chi connectivity index (χ1) is 54.6. The normalized spacial score (nSPS) is 27.2. The van der Waals surface area contributed by atoms with Gasteiger partial charge in [0.05, 0.1) is 41.3 Å². The van der Waals surface area contributed by atoms with E-state index in [4.69, 9.17) is 81.2 Å². The van der Waals surface area contributed by atoms with Crippen LogP contribution in [0.3, 0.4) is 0 Å². The fourth-order valence-corrected chi connectivity index (χ4v) is 15.3. The fourth-order valence-electron chi connectivity index (χ4n) is 14.4. The van der Waals surface area contributed by atoms with Crippen LogP contribution in [0.25, 0.3) is 22.3 Å². The topological polar surface area (TPSA) is 499 Å². The molecule has 0 aromatic heterocycles. The van der Waals surface area contributed by atoms with Crippen LogP contribution in [0, 0.1) is 5.92 Å². The number of aliphatic hydroxyl groups excluding tert-OH is 6. The number of aromatic hydroxyl groups is 3. The molecular weight excluding hydrogens is 1580 g/mol. The molecule has 610 valence electrons. The number of carbonyl (C=O) groups excluding carboxylic acids is 6. The lowest BCUT2D eigenvalue weighted by Gasteiger charge is -2.48. The molecular formula is C79H84Cl3N9O23S. The van der Waals surface area contributed by atoms with E-state index in [1.807, 2.05) is 50.2 Å². The molecule has 7 heterocycles. The molecule has 32 nitrogen and oxygen atoms in total. The number of hydrogen-bond donors (Lipinski definition) is 19. The molecule has 0 radical (unpaired) electrons. The summed E-state index contributed by atoms with van der Waals surface area (Å²) in [7, 11) is 1.49. The SMILES string of the molecule is CN[C@H](CC(C)C)C(=O)N[C@H]1C(=O)N[C@@H](CC(N)=O)C(=O)N[C@H]2C(=S)N[C@H]3C(=O)N[C@H](C(=O)N[C@H](C(=O)O)c4cc(O)cc(O)c4-c4cc3ccc4O)[C@H](O)c3ccc(c(Cl)c3)Oc3cc2cc(c3O[C@@H]2OC(CO)C(O)[C@H](O)[C@H]2O[C@H]2CC(C)(NCc3ccc(-c4ccc(Cl)cc4)cc3)[C@H](O)[C@H](C)O2)Oc2ccc(cc2Cl)[C@H]1O. The second kappa shape index (κ2) is 35.2. The maximum absolute atomic E-state index is 15.6. The molecule has 2 saturated heterocycles. The summed E-state index contributed by atoms with van der Waals surface area (Å²) in [5.41, 5.74) is 4.98. The minimum atomic E-state index is -2.24. The van der Waals surface area contributed by atoms with Crippen molar-refractivity contribution < 1.29 is 113 Å². The van der Waals surface area contributed by atoms with Gasteiger partial charge in [-0.05, 0) is 139 Å². The molecule has 0 spiro atoms. The van der Waals surface area contributed by atoms with Crippen LogP contribution in [0.2, 0.25) is 15.1 Å². The second-order valence-corrected chi connectivity index (χ2v) is 30.9. The molecule has 0 saturated carbocycles. The van der Waals surface area contributed by atoms with Crippen LogP contribution in [0.5, 0.6) is 46.0 Å². The summed E-state index contributed by atoms with van der Waals surface area (Å²) in [6.07, 6.45) is -18.3. The van der Waals surface area contributed by atoms with Gasteiger partial charge in [-0.2, -0.15) is 0 Å². The monoisotopic (exact) mass is 1660 g/mol. The van der Waals surface area contributed by atoms with Crippen LogP contribution >= 0.6 is 47.0 Å². The number of rotatable bonds is 17. The quantitative estimate of drug-likeness (QED) is 0.0530. The highest BCUT2D eigenvalue weighted by molar-refractivity contribution is 7.80. The van der Waals surface area contributed by atoms with Crippen molar-refractivity contribution in [3.05, 3.63) is 176 Å². The molecule has 7 aromatic rings. The molecule has 7 aliphatic heterocycles. The van der Waals surface area contributed by atoms with E-state index in [0.29, 0.717) is 5.02 Å². The van der Waals surface area contributed by atoms with E-state index < -0.39 is 225 Å². The molecule has 7 aromatic carbocycles. The minimum Gasteiger partial charge on any atom is -0.508 e. The average molecular weight is 1670 g/mol. The Morgan fingerprint density at radius 3 is 1.91 bits per heavy atom. The summed E-state index contributed by atoms with van der Waals surface area (Å²) >= 11 is 26.8. The van der Waals surface area contributed by atoms with E-state index in [1.165, 1.54) is 55.6 Å². The lowest BCUT2D eigenvalue weighted by atomic mass is 9.84. The summed E-state index contributed by atoms with van der Waals surface area (Å²) in [6.45, 7) is 6.24. The molecule has 14 rings (SSSR count). The number of halogens is 3. The zero-order valence-corrected chi connectivity index (χ0v) is 65.0. The van der Waals surface area contributed by atoms with Crippen molar-refractivity contribution in [3.63, 3.8) is 0 Å². The van der Waals surface area contributed by atoms with Gasteiger partial charge in [0.15, 0.2) is 29.9 Å². The number of nitrogens with two attached hydrogens (primary N) is 1. The van der Waals surface area contributed by atoms with E-state index in [0.717, 1.165) is 47.0 Å². The predicted octanol–water partition coefficient (Wildman–Crippen LogP) is 5.06. The molecule has 2 fully saturated rings. The first kappa shape index (κ1) is 84.4. The lowest BCUT2D eigenvalue weighted by molar-refractivity contribution is -0.334. The second-order valence-electron chi connectivity index (χ2n) is 29.2. The van der Waals surface area contributed by atoms with Gasteiger partial charge in [0, 0.05) is 46.3 Å². The molecule has 6 amide bonds. The van der Waals surface area contributed by atoms with E-state index in [9.17, 15) is 75.0 Å². The van der Waals surface area contributed by atoms with Crippen LogP contribution < -0.4 is 62.5 Å². The van der Waals surface area contributed by atoms with Crippen molar-refractivity contribution in [1.29, 1.82) is 0 Å². The van der Waals surface area contributed by atoms with Gasteiger partial charge >= 0.3 is 5.97 Å². The van der Waals surface area contributed by atoms with Gasteiger partial charge in [0.25, 0.3) is 0 Å². The van der Waals surface area contributed by atoms with Crippen LogP contribution in [-0.2, 0) is 54.3 Å². The van der Waals surface area contributed by atoms with Crippen molar-refractivity contribution in [1.82, 2.24) is 42.5 Å². The Morgan fingerprint density at radius 2 is 1.31 bits per heavy atom. The predicted molar refractivity (Wildman–Crippen MR) is 416 cm³/mol. The number of thiocarbonyl (C=S) groups is 1. The van der Waals surface area contributed by atoms with Gasteiger partial charge < -0.3 is 128 Å². The van der Waals surface area contributed by atoms with Crippen molar-refractivity contribution in [2.75, 3.05) is 13.7 Å². The number of amides is 6. The number of carbonyl (C=O) groups is 7. The molecule has 20 N–H and O–H groups in total. The summed E-state index contributed by atoms with van der Waals surface area (Å²) in [5, 5.41) is 138. The van der Waals surface area contributed by atoms with Crippen LogP contribution in [0.15, 0.2) is 127 Å². The summed E-state index contributed by atoms with van der Waals surface area (Å²) < 4.78 is 39.7. The average Bonchev–Trinajstić information content (AvgIpc) is 0.764. The zero-order valence-electron chi connectivity index (χ0n) is 62.0. The summed E-state index contributed by atoms with van der Waals surface area (Å²) in [6, 6.07) is 16.0. The molecule has 7 aliphatic rings. The van der Waals surface area contributed by atoms with Crippen LogP contribution in [-0.4, -0.2) is 190 Å². The maximum Gasteiger partial charge on any atom is 0.330 e. The Labute approximate surface area is 677 Å². The highest BCUT2D eigenvalue weighted by Gasteiger charge is 2.52. The van der Waals surface area contributed by atoms with E-state index in [1.54, 1.807) is 26.0 Å². The van der Waals surface area contributed by atoms with Gasteiger partial charge in [0.1, 0.15) is 94.5 Å². The molecule has 36 heteroatoms. The Kier molecular flexibility index (Phi) is 25.8. The number of likely N-dealkylation sites (N-methyl/N-ethyl adjacent to an activating group) is 1. The summed E-state index contributed by atoms with van der Waals surface area (Å²) in [5.74, 6) is -13.6. The number of phenols is 3. The number of nitrogens with one attached hydrogen (secondary N) is 8. The van der Waals surface area contributed by atoms with Crippen molar-refractivity contribution in [3.8, 4) is 68.2 Å². The highest BCUT2D eigenvalue weighted by Crippen LogP contribution is 2.50. The first-order valence-electron chi connectivity index (χ1n) is 36.4. The highest BCUT2D eigenvalue weighted by atomic mass is 35.5. The lowest BCUT2D eigenvalue weighted by Crippen LogP contribution is -2.65. The summed E-state index contributed by atoms with van der Waals surface area (Å²) in [4.78, 5) is 101. The van der Waals surface area contributed by atoms with E-state index in [2.05, 4.69) is 42.5 Å². The van der Waals surface area contributed by atoms with Gasteiger partial charge in [-0.1, -0.05) is 115 Å². The molecule has 115 heavy (non-hydrogen) atoms.